The van der Waals surface area contributed by atoms with Crippen LogP contribution < -0.4 is 5.32 Å². The third-order valence-electron chi connectivity index (χ3n) is 3.30. The highest BCUT2D eigenvalue weighted by Gasteiger charge is 2.30. The normalized spacial score (nSPS) is 11.5. The molecule has 2 aromatic carbocycles. The van der Waals surface area contributed by atoms with Gasteiger partial charge in [0, 0.05) is 18.2 Å². The fraction of sp³-hybridized carbons (Fsp3) is 0.111. The minimum absolute atomic E-state index is 0.0388. The van der Waals surface area contributed by atoms with Crippen molar-refractivity contribution < 1.29 is 22.8 Å². The topological polar surface area (TPSA) is 46.2 Å². The number of rotatable bonds is 4. The van der Waals surface area contributed by atoms with Gasteiger partial charge in [-0.25, -0.2) is 0 Å². The van der Waals surface area contributed by atoms with E-state index in [1.807, 2.05) is 0 Å². The third-order valence-corrected chi connectivity index (χ3v) is 3.30. The Labute approximate surface area is 136 Å². The van der Waals surface area contributed by atoms with Crippen LogP contribution in [0.25, 0.3) is 6.08 Å². The van der Waals surface area contributed by atoms with Crippen LogP contribution in [0.3, 0.4) is 0 Å². The van der Waals surface area contributed by atoms with E-state index in [1.54, 1.807) is 24.3 Å². The molecule has 0 unspecified atom stereocenters. The summed E-state index contributed by atoms with van der Waals surface area (Å²) in [5.41, 5.74) is 0.224. The summed E-state index contributed by atoms with van der Waals surface area (Å²) in [7, 11) is 1.52. The average Bonchev–Trinajstić information content (AvgIpc) is 2.58. The first-order chi connectivity index (χ1) is 11.3. The Morgan fingerprint density at radius 2 is 1.67 bits per heavy atom. The molecular formula is C18H14F3NO2. The van der Waals surface area contributed by atoms with E-state index in [0.29, 0.717) is 11.1 Å². The number of alkyl halides is 3. The van der Waals surface area contributed by atoms with Crippen molar-refractivity contribution in [3.8, 4) is 0 Å². The van der Waals surface area contributed by atoms with Gasteiger partial charge in [0.2, 0.25) is 0 Å². The van der Waals surface area contributed by atoms with Crippen LogP contribution in [-0.2, 0) is 6.18 Å². The molecular weight excluding hydrogens is 319 g/mol. The van der Waals surface area contributed by atoms with Gasteiger partial charge in [-0.1, -0.05) is 30.3 Å². The van der Waals surface area contributed by atoms with Gasteiger partial charge >= 0.3 is 6.18 Å². The van der Waals surface area contributed by atoms with Crippen molar-refractivity contribution in [3.63, 3.8) is 0 Å². The van der Waals surface area contributed by atoms with Crippen molar-refractivity contribution >= 4 is 17.8 Å². The van der Waals surface area contributed by atoms with Crippen LogP contribution in [0, 0.1) is 0 Å². The van der Waals surface area contributed by atoms with Crippen molar-refractivity contribution in [1.29, 1.82) is 0 Å². The van der Waals surface area contributed by atoms with E-state index in [2.05, 4.69) is 5.32 Å². The minimum atomic E-state index is -4.49. The summed E-state index contributed by atoms with van der Waals surface area (Å²) >= 11 is 0. The summed E-state index contributed by atoms with van der Waals surface area (Å²) in [6.45, 7) is 0. The molecule has 0 bridgehead atoms. The standard InChI is InChI=1S/C18H14F3NO2/c1-22-17(24)13-8-5-12(6-9-13)7-10-16(23)14-3-2-4-15(11-14)18(19,20)21/h2-11H,1H3,(H,22,24). The molecule has 0 saturated heterocycles. The summed E-state index contributed by atoms with van der Waals surface area (Å²) < 4.78 is 38.0. The molecule has 124 valence electrons. The smallest absolute Gasteiger partial charge is 0.355 e. The summed E-state index contributed by atoms with van der Waals surface area (Å²) in [4.78, 5) is 23.4. The number of nitrogens with one attached hydrogen (secondary N) is 1. The molecule has 1 N–H and O–H groups in total. The number of hydrogen-bond acceptors (Lipinski definition) is 2. The first-order valence-corrected chi connectivity index (χ1v) is 7.03. The zero-order valence-electron chi connectivity index (χ0n) is 12.7. The van der Waals surface area contributed by atoms with Gasteiger partial charge in [-0.05, 0) is 35.9 Å². The molecule has 0 aliphatic carbocycles. The SMILES string of the molecule is CNC(=O)c1ccc(C=CC(=O)c2cccc(C(F)(F)F)c2)cc1. The second kappa shape index (κ2) is 7.12. The van der Waals surface area contributed by atoms with Gasteiger partial charge in [0.05, 0.1) is 5.56 Å². The van der Waals surface area contributed by atoms with Gasteiger partial charge in [0.1, 0.15) is 0 Å². The summed E-state index contributed by atoms with van der Waals surface area (Å²) in [5.74, 6) is -0.762. The number of hydrogen-bond donors (Lipinski definition) is 1. The molecule has 0 fully saturated rings. The molecule has 1 amide bonds. The van der Waals surface area contributed by atoms with Crippen molar-refractivity contribution in [2.45, 2.75) is 6.18 Å². The van der Waals surface area contributed by atoms with Crippen LogP contribution in [0.4, 0.5) is 13.2 Å². The van der Waals surface area contributed by atoms with E-state index >= 15 is 0 Å². The van der Waals surface area contributed by atoms with Crippen molar-refractivity contribution in [2.75, 3.05) is 7.05 Å². The Kier molecular flexibility index (Phi) is 5.18. The van der Waals surface area contributed by atoms with Crippen LogP contribution in [0.1, 0.15) is 31.8 Å². The Balaban J connectivity index is 2.14. The summed E-state index contributed by atoms with van der Waals surface area (Å²) in [6.07, 6.45) is -1.81. The van der Waals surface area contributed by atoms with Gasteiger partial charge in [0.15, 0.2) is 5.78 Å². The van der Waals surface area contributed by atoms with Crippen LogP contribution >= 0.6 is 0 Å². The number of carbonyl (C=O) groups is 2. The van der Waals surface area contributed by atoms with Crippen LogP contribution in [0.5, 0.6) is 0 Å². The molecule has 0 aliphatic heterocycles. The van der Waals surface area contributed by atoms with E-state index in [4.69, 9.17) is 0 Å². The maximum atomic E-state index is 12.7. The van der Waals surface area contributed by atoms with E-state index in [-0.39, 0.29) is 11.5 Å². The van der Waals surface area contributed by atoms with E-state index in [1.165, 1.54) is 31.3 Å². The highest BCUT2D eigenvalue weighted by Crippen LogP contribution is 2.29. The molecule has 6 heteroatoms. The Bertz CT molecular complexity index is 778. The first-order valence-electron chi connectivity index (χ1n) is 7.03. The lowest BCUT2D eigenvalue weighted by atomic mass is 10.1. The lowest BCUT2D eigenvalue weighted by Crippen LogP contribution is -2.17. The highest BCUT2D eigenvalue weighted by atomic mass is 19.4. The number of allylic oxidation sites excluding steroid dienone is 1. The molecule has 0 aromatic heterocycles. The van der Waals surface area contributed by atoms with Gasteiger partial charge in [0.25, 0.3) is 5.91 Å². The zero-order valence-corrected chi connectivity index (χ0v) is 12.7. The third kappa shape index (κ3) is 4.32. The van der Waals surface area contributed by atoms with Crippen molar-refractivity contribution in [1.82, 2.24) is 5.32 Å². The number of ketones is 1. The second-order valence-electron chi connectivity index (χ2n) is 4.98. The predicted molar refractivity (Wildman–Crippen MR) is 84.6 cm³/mol. The highest BCUT2D eigenvalue weighted by molar-refractivity contribution is 6.07. The summed E-state index contributed by atoms with van der Waals surface area (Å²) in [5, 5.41) is 2.49. The molecule has 0 heterocycles. The molecule has 2 aromatic rings. The second-order valence-corrected chi connectivity index (χ2v) is 4.98. The van der Waals surface area contributed by atoms with Crippen molar-refractivity contribution in [3.05, 3.63) is 76.9 Å². The van der Waals surface area contributed by atoms with Gasteiger partial charge in [-0.15, -0.1) is 0 Å². The Morgan fingerprint density at radius 3 is 2.25 bits per heavy atom. The average molecular weight is 333 g/mol. The molecule has 3 nitrogen and oxygen atoms in total. The molecule has 0 radical (unpaired) electrons. The summed E-state index contributed by atoms with van der Waals surface area (Å²) in [6, 6.07) is 10.7. The molecule has 24 heavy (non-hydrogen) atoms. The van der Waals surface area contributed by atoms with Crippen LogP contribution in [-0.4, -0.2) is 18.7 Å². The monoisotopic (exact) mass is 333 g/mol. The number of halogens is 3. The maximum absolute atomic E-state index is 12.7. The molecule has 0 atom stereocenters. The fourth-order valence-corrected chi connectivity index (χ4v) is 2.01. The number of amides is 1. The molecule has 0 aliphatic rings. The maximum Gasteiger partial charge on any atom is 0.416 e. The molecule has 0 spiro atoms. The van der Waals surface area contributed by atoms with E-state index in [0.717, 1.165) is 12.1 Å². The first kappa shape index (κ1) is 17.5. The fourth-order valence-electron chi connectivity index (χ4n) is 2.01. The van der Waals surface area contributed by atoms with Crippen LogP contribution in [0.15, 0.2) is 54.6 Å². The molecule has 0 saturated carbocycles. The van der Waals surface area contributed by atoms with E-state index < -0.39 is 17.5 Å². The predicted octanol–water partition coefficient (Wildman–Crippen LogP) is 3.96. The van der Waals surface area contributed by atoms with Gasteiger partial charge in [-0.2, -0.15) is 13.2 Å². The number of benzene rings is 2. The Hall–Kier alpha value is -2.89. The van der Waals surface area contributed by atoms with Crippen molar-refractivity contribution in [2.24, 2.45) is 0 Å². The largest absolute Gasteiger partial charge is 0.416 e. The van der Waals surface area contributed by atoms with Gasteiger partial charge < -0.3 is 5.32 Å². The Morgan fingerprint density at radius 1 is 1.00 bits per heavy atom. The van der Waals surface area contributed by atoms with Gasteiger partial charge in [-0.3, -0.25) is 9.59 Å². The quantitative estimate of drug-likeness (QED) is 0.680. The lowest BCUT2D eigenvalue weighted by molar-refractivity contribution is -0.137. The van der Waals surface area contributed by atoms with Crippen LogP contribution in [0.2, 0.25) is 0 Å². The molecule has 2 rings (SSSR count). The lowest BCUT2D eigenvalue weighted by Gasteiger charge is -2.07. The number of carbonyl (C=O) groups excluding carboxylic acids is 2. The zero-order chi connectivity index (χ0) is 17.7. The minimum Gasteiger partial charge on any atom is -0.355 e. The van der Waals surface area contributed by atoms with E-state index in [9.17, 15) is 22.8 Å².